The fourth-order valence-electron chi connectivity index (χ4n) is 1.52. The standard InChI is InChI=1S/C14H23NO.ClH/c1-10-5-7-11(8-6-10)12(16)9-13(15)14(2,3)4;/h5-8,12-13,16H,9,15H2,1-4H3;1H/t12-,13-;/m1./s1. The number of halogens is 1. The zero-order valence-corrected chi connectivity index (χ0v) is 11.9. The molecule has 1 rings (SSSR count). The van der Waals surface area contributed by atoms with Gasteiger partial charge in [-0.1, -0.05) is 50.6 Å². The second kappa shape index (κ2) is 6.39. The Morgan fingerprint density at radius 3 is 2.06 bits per heavy atom. The van der Waals surface area contributed by atoms with Gasteiger partial charge in [-0.05, 0) is 24.3 Å². The smallest absolute Gasteiger partial charge is 0.0805 e. The molecule has 0 bridgehead atoms. The van der Waals surface area contributed by atoms with Crippen LogP contribution in [-0.2, 0) is 0 Å². The molecule has 0 saturated heterocycles. The Morgan fingerprint density at radius 1 is 1.18 bits per heavy atom. The van der Waals surface area contributed by atoms with Gasteiger partial charge in [0.15, 0.2) is 0 Å². The van der Waals surface area contributed by atoms with Crippen LogP contribution in [0.5, 0.6) is 0 Å². The molecule has 0 aliphatic carbocycles. The van der Waals surface area contributed by atoms with Gasteiger partial charge < -0.3 is 10.8 Å². The zero-order valence-electron chi connectivity index (χ0n) is 11.1. The highest BCUT2D eigenvalue weighted by atomic mass is 35.5. The van der Waals surface area contributed by atoms with E-state index in [1.165, 1.54) is 5.56 Å². The van der Waals surface area contributed by atoms with Crippen LogP contribution in [0.4, 0.5) is 0 Å². The molecule has 0 heterocycles. The van der Waals surface area contributed by atoms with E-state index in [0.717, 1.165) is 5.56 Å². The minimum Gasteiger partial charge on any atom is -0.388 e. The quantitative estimate of drug-likeness (QED) is 0.874. The first-order chi connectivity index (χ1) is 7.30. The Kier molecular flexibility index (Phi) is 6.17. The van der Waals surface area contributed by atoms with Gasteiger partial charge in [-0.15, -0.1) is 12.4 Å². The van der Waals surface area contributed by atoms with E-state index in [2.05, 4.69) is 20.8 Å². The van der Waals surface area contributed by atoms with Crippen molar-refractivity contribution in [3.63, 3.8) is 0 Å². The summed E-state index contributed by atoms with van der Waals surface area (Å²) in [6.45, 7) is 8.33. The van der Waals surface area contributed by atoms with Gasteiger partial charge >= 0.3 is 0 Å². The summed E-state index contributed by atoms with van der Waals surface area (Å²) in [7, 11) is 0. The Labute approximate surface area is 111 Å². The normalized spacial score (nSPS) is 14.9. The fourth-order valence-corrected chi connectivity index (χ4v) is 1.52. The molecular formula is C14H24ClNO. The van der Waals surface area contributed by atoms with Crippen molar-refractivity contribution >= 4 is 12.4 Å². The Bertz CT molecular complexity index is 329. The monoisotopic (exact) mass is 257 g/mol. The second-order valence-corrected chi connectivity index (χ2v) is 5.63. The number of hydrogen-bond donors (Lipinski definition) is 2. The van der Waals surface area contributed by atoms with Crippen LogP contribution in [-0.4, -0.2) is 11.1 Å². The van der Waals surface area contributed by atoms with Crippen LogP contribution in [0.2, 0.25) is 0 Å². The highest BCUT2D eigenvalue weighted by molar-refractivity contribution is 5.85. The minimum atomic E-state index is -0.463. The topological polar surface area (TPSA) is 46.2 Å². The number of aliphatic hydroxyl groups is 1. The zero-order chi connectivity index (χ0) is 12.3. The number of aliphatic hydroxyl groups excluding tert-OH is 1. The number of nitrogens with two attached hydrogens (primary N) is 1. The summed E-state index contributed by atoms with van der Waals surface area (Å²) in [5, 5.41) is 10.1. The third-order valence-electron chi connectivity index (χ3n) is 3.05. The molecule has 3 heteroatoms. The van der Waals surface area contributed by atoms with Gasteiger partial charge in [0.25, 0.3) is 0 Å². The number of benzene rings is 1. The summed E-state index contributed by atoms with van der Waals surface area (Å²) in [6, 6.07) is 7.97. The predicted octanol–water partition coefficient (Wildman–Crippen LogP) is 3.21. The lowest BCUT2D eigenvalue weighted by Crippen LogP contribution is -2.36. The molecule has 0 aliphatic heterocycles. The second-order valence-electron chi connectivity index (χ2n) is 5.63. The van der Waals surface area contributed by atoms with Gasteiger partial charge in [-0.3, -0.25) is 0 Å². The molecule has 98 valence electrons. The van der Waals surface area contributed by atoms with Gasteiger partial charge in [-0.25, -0.2) is 0 Å². The third-order valence-corrected chi connectivity index (χ3v) is 3.05. The van der Waals surface area contributed by atoms with E-state index in [1.54, 1.807) is 0 Å². The highest BCUT2D eigenvalue weighted by Gasteiger charge is 2.23. The van der Waals surface area contributed by atoms with E-state index in [4.69, 9.17) is 5.73 Å². The minimum absolute atomic E-state index is 0. The lowest BCUT2D eigenvalue weighted by Gasteiger charge is -2.29. The van der Waals surface area contributed by atoms with Crippen LogP contribution < -0.4 is 5.73 Å². The maximum Gasteiger partial charge on any atom is 0.0805 e. The number of aryl methyl sites for hydroxylation is 1. The summed E-state index contributed by atoms with van der Waals surface area (Å²) >= 11 is 0. The van der Waals surface area contributed by atoms with Crippen molar-refractivity contribution < 1.29 is 5.11 Å². The first-order valence-corrected chi connectivity index (χ1v) is 5.81. The highest BCUT2D eigenvalue weighted by Crippen LogP contribution is 2.26. The summed E-state index contributed by atoms with van der Waals surface area (Å²) < 4.78 is 0. The average Bonchev–Trinajstić information content (AvgIpc) is 2.17. The van der Waals surface area contributed by atoms with Crippen LogP contribution in [0.15, 0.2) is 24.3 Å². The molecule has 0 radical (unpaired) electrons. The van der Waals surface area contributed by atoms with Crippen molar-refractivity contribution in [3.05, 3.63) is 35.4 Å². The van der Waals surface area contributed by atoms with Gasteiger partial charge in [0.1, 0.15) is 0 Å². The molecule has 0 spiro atoms. The number of rotatable bonds is 3. The van der Waals surface area contributed by atoms with Crippen molar-refractivity contribution in [2.75, 3.05) is 0 Å². The van der Waals surface area contributed by atoms with Crippen LogP contribution >= 0.6 is 12.4 Å². The van der Waals surface area contributed by atoms with E-state index < -0.39 is 6.10 Å². The van der Waals surface area contributed by atoms with Crippen molar-refractivity contribution in [1.82, 2.24) is 0 Å². The summed E-state index contributed by atoms with van der Waals surface area (Å²) in [5.74, 6) is 0. The fraction of sp³-hybridized carbons (Fsp3) is 0.571. The van der Waals surface area contributed by atoms with Crippen LogP contribution in [0.25, 0.3) is 0 Å². The molecule has 2 atom stereocenters. The third kappa shape index (κ3) is 5.07. The molecule has 0 amide bonds. The Balaban J connectivity index is 0.00000256. The summed E-state index contributed by atoms with van der Waals surface area (Å²) in [4.78, 5) is 0. The molecule has 1 aromatic carbocycles. The van der Waals surface area contributed by atoms with E-state index in [9.17, 15) is 5.11 Å². The van der Waals surface area contributed by atoms with Gasteiger partial charge in [0.05, 0.1) is 6.10 Å². The molecular weight excluding hydrogens is 234 g/mol. The van der Waals surface area contributed by atoms with Crippen LogP contribution in [0, 0.1) is 12.3 Å². The largest absolute Gasteiger partial charge is 0.388 e. The van der Waals surface area contributed by atoms with Crippen LogP contribution in [0.3, 0.4) is 0 Å². The van der Waals surface area contributed by atoms with Crippen molar-refractivity contribution in [3.8, 4) is 0 Å². The Hall–Kier alpha value is -0.570. The van der Waals surface area contributed by atoms with Crippen molar-refractivity contribution in [2.45, 2.75) is 46.3 Å². The molecule has 0 saturated carbocycles. The molecule has 0 fully saturated rings. The molecule has 0 aliphatic rings. The van der Waals surface area contributed by atoms with Crippen molar-refractivity contribution in [1.29, 1.82) is 0 Å². The lowest BCUT2D eigenvalue weighted by atomic mass is 9.83. The van der Waals surface area contributed by atoms with E-state index in [0.29, 0.717) is 6.42 Å². The van der Waals surface area contributed by atoms with Crippen molar-refractivity contribution in [2.24, 2.45) is 11.1 Å². The van der Waals surface area contributed by atoms with E-state index >= 15 is 0 Å². The lowest BCUT2D eigenvalue weighted by molar-refractivity contribution is 0.133. The summed E-state index contributed by atoms with van der Waals surface area (Å²) in [6.07, 6.45) is 0.141. The average molecular weight is 258 g/mol. The molecule has 17 heavy (non-hydrogen) atoms. The molecule has 3 N–H and O–H groups in total. The summed E-state index contributed by atoms with van der Waals surface area (Å²) in [5.41, 5.74) is 8.25. The SMILES string of the molecule is Cc1ccc([C@H](O)C[C@@H](N)C(C)(C)C)cc1.Cl. The molecule has 0 unspecified atom stereocenters. The Morgan fingerprint density at radius 2 is 1.65 bits per heavy atom. The molecule has 1 aromatic rings. The predicted molar refractivity (Wildman–Crippen MR) is 75.4 cm³/mol. The van der Waals surface area contributed by atoms with Gasteiger partial charge in [0, 0.05) is 6.04 Å². The number of hydrogen-bond acceptors (Lipinski definition) is 2. The van der Waals surface area contributed by atoms with Crippen LogP contribution in [0.1, 0.15) is 44.4 Å². The maximum absolute atomic E-state index is 10.1. The van der Waals surface area contributed by atoms with E-state index in [-0.39, 0.29) is 23.9 Å². The molecule has 0 aromatic heterocycles. The maximum atomic E-state index is 10.1. The van der Waals surface area contributed by atoms with Gasteiger partial charge in [0.2, 0.25) is 0 Å². The van der Waals surface area contributed by atoms with E-state index in [1.807, 2.05) is 31.2 Å². The molecule has 2 nitrogen and oxygen atoms in total. The first kappa shape index (κ1) is 16.4. The van der Waals surface area contributed by atoms with Gasteiger partial charge in [-0.2, -0.15) is 0 Å². The first-order valence-electron chi connectivity index (χ1n) is 5.81.